The fraction of sp³-hybridized carbons (Fsp3) is 0.783. The van der Waals surface area contributed by atoms with Crippen LogP contribution >= 0.6 is 0 Å². The molecule has 2 N–H and O–H groups in total. The standard InChI is InChI=1S/C46H71N5O4/c1-13-49-45(12,40(5,6)7)26-55-37-34(51-38(48-28-50-51)31-17-22-47-23-18-31)24-46-27-54-25-42(37,9)35(46)15-14-32-33(46)16-19-44(11)36(39(52)53)41(8,30(4)29(2)3)20-21-43(32,44)10/h16-18,22-23,28-30,32,34-37,49H,13-15,19-21,24-27H2,1-12H3,(H,52,53)/t30-,32+,34-,35+,36-,37+,41-,42+,43-,44+,45+,46?/m1/s1. The topological polar surface area (TPSA) is 111 Å². The summed E-state index contributed by atoms with van der Waals surface area (Å²) in [6, 6.07) is 3.95. The van der Waals surface area contributed by atoms with Crippen molar-refractivity contribution < 1.29 is 19.4 Å². The molecule has 3 heterocycles. The van der Waals surface area contributed by atoms with Crippen molar-refractivity contribution in [1.82, 2.24) is 25.1 Å². The number of nitrogens with one attached hydrogen (secondary N) is 1. The van der Waals surface area contributed by atoms with Gasteiger partial charge in [-0.2, -0.15) is 5.10 Å². The van der Waals surface area contributed by atoms with Gasteiger partial charge < -0.3 is 19.9 Å². The Hall–Kier alpha value is -2.62. The minimum absolute atomic E-state index is 0.0414. The Morgan fingerprint density at radius 2 is 1.76 bits per heavy atom. The molecule has 0 radical (unpaired) electrons. The van der Waals surface area contributed by atoms with E-state index in [0.29, 0.717) is 43.5 Å². The smallest absolute Gasteiger partial charge is 0.307 e. The van der Waals surface area contributed by atoms with Gasteiger partial charge in [-0.1, -0.05) is 87.8 Å². The maximum absolute atomic E-state index is 13.6. The Bertz CT molecular complexity index is 1770. The molecule has 9 heteroatoms. The third-order valence-corrected chi connectivity index (χ3v) is 17.7. The van der Waals surface area contributed by atoms with E-state index in [-0.39, 0.29) is 50.2 Å². The normalized spacial score (nSPS) is 40.3. The van der Waals surface area contributed by atoms with E-state index in [4.69, 9.17) is 19.6 Å². The average molecular weight is 758 g/mol. The first-order valence-electron chi connectivity index (χ1n) is 21.4. The first-order chi connectivity index (χ1) is 25.7. The molecule has 1 unspecified atom stereocenters. The highest BCUT2D eigenvalue weighted by atomic mass is 16.5. The number of pyridine rings is 1. The lowest BCUT2D eigenvalue weighted by Gasteiger charge is -2.71. The first-order valence-corrected chi connectivity index (χ1v) is 21.4. The minimum Gasteiger partial charge on any atom is -0.481 e. The molecular weight excluding hydrogens is 687 g/mol. The van der Waals surface area contributed by atoms with Gasteiger partial charge in [0, 0.05) is 34.3 Å². The molecule has 12 atom stereocenters. The van der Waals surface area contributed by atoms with Crippen LogP contribution in [0.5, 0.6) is 0 Å². The Labute approximate surface area is 331 Å². The Morgan fingerprint density at radius 1 is 1.05 bits per heavy atom. The number of aliphatic carboxylic acids is 1. The number of ether oxygens (including phenoxy) is 2. The predicted molar refractivity (Wildman–Crippen MR) is 217 cm³/mol. The van der Waals surface area contributed by atoms with Crippen LogP contribution in [0.4, 0.5) is 0 Å². The van der Waals surface area contributed by atoms with E-state index in [9.17, 15) is 9.90 Å². The number of hydrogen-bond donors (Lipinski definition) is 2. The van der Waals surface area contributed by atoms with Gasteiger partial charge in [0.1, 0.15) is 6.33 Å². The van der Waals surface area contributed by atoms with Crippen LogP contribution in [0.2, 0.25) is 0 Å². The number of carboxylic acid groups (broad SMARTS) is 1. The van der Waals surface area contributed by atoms with Crippen LogP contribution in [-0.2, 0) is 14.3 Å². The van der Waals surface area contributed by atoms with E-state index in [0.717, 1.165) is 56.5 Å². The number of nitrogens with zero attached hydrogens (tertiary/aromatic N) is 4. The number of aromatic nitrogens is 4. The van der Waals surface area contributed by atoms with E-state index in [1.165, 1.54) is 5.57 Å². The van der Waals surface area contributed by atoms with Crippen molar-refractivity contribution in [2.24, 2.45) is 62.1 Å². The number of hydrogen-bond acceptors (Lipinski definition) is 7. The summed E-state index contributed by atoms with van der Waals surface area (Å²) in [5.41, 5.74) is 0.932. The number of carboxylic acids is 1. The Kier molecular flexibility index (Phi) is 10.1. The molecule has 1 aliphatic heterocycles. The number of rotatable bonds is 10. The van der Waals surface area contributed by atoms with Crippen molar-refractivity contribution in [3.05, 3.63) is 42.5 Å². The molecular formula is C46H71N5O4. The summed E-state index contributed by atoms with van der Waals surface area (Å²) < 4.78 is 16.5. The molecule has 304 valence electrons. The third-order valence-electron chi connectivity index (χ3n) is 17.7. The lowest BCUT2D eigenvalue weighted by molar-refractivity contribution is -0.254. The molecule has 1 saturated heterocycles. The number of likely N-dealkylation sites (N-methyl/N-ethyl adjacent to an activating group) is 1. The van der Waals surface area contributed by atoms with Gasteiger partial charge in [0.25, 0.3) is 0 Å². The average Bonchev–Trinajstić information content (AvgIpc) is 3.61. The second-order valence-corrected chi connectivity index (χ2v) is 21.2. The molecule has 9 nitrogen and oxygen atoms in total. The van der Waals surface area contributed by atoms with Gasteiger partial charge >= 0.3 is 5.97 Å². The summed E-state index contributed by atoms with van der Waals surface area (Å²) in [4.78, 5) is 22.8. The molecule has 2 aromatic rings. The number of carbonyl (C=O) groups is 1. The molecule has 2 aromatic heterocycles. The maximum atomic E-state index is 13.6. The molecule has 2 bridgehead atoms. The largest absolute Gasteiger partial charge is 0.481 e. The van der Waals surface area contributed by atoms with Crippen LogP contribution in [0.25, 0.3) is 11.4 Å². The number of fused-ring (bicyclic) bond motifs is 3. The Balaban J connectivity index is 1.35. The summed E-state index contributed by atoms with van der Waals surface area (Å²) in [6.07, 6.45) is 13.5. The molecule has 3 saturated carbocycles. The van der Waals surface area contributed by atoms with Gasteiger partial charge in [-0.05, 0) is 109 Å². The van der Waals surface area contributed by atoms with E-state index in [2.05, 4.69) is 104 Å². The zero-order chi connectivity index (χ0) is 40.0. The van der Waals surface area contributed by atoms with Crippen molar-refractivity contribution >= 4 is 5.97 Å². The van der Waals surface area contributed by atoms with Gasteiger partial charge in [-0.15, -0.1) is 0 Å². The van der Waals surface area contributed by atoms with Crippen LogP contribution in [0.1, 0.15) is 128 Å². The van der Waals surface area contributed by atoms with E-state index < -0.39 is 11.9 Å². The van der Waals surface area contributed by atoms with Gasteiger partial charge in [-0.25, -0.2) is 9.67 Å². The zero-order valence-corrected chi connectivity index (χ0v) is 36.0. The van der Waals surface area contributed by atoms with Crippen LogP contribution < -0.4 is 5.32 Å². The summed E-state index contributed by atoms with van der Waals surface area (Å²) in [6.45, 7) is 30.5. The molecule has 5 aliphatic rings. The molecule has 7 rings (SSSR count). The summed E-state index contributed by atoms with van der Waals surface area (Å²) in [5.74, 6) is 1.19. The van der Waals surface area contributed by atoms with Gasteiger partial charge in [-0.3, -0.25) is 9.78 Å². The maximum Gasteiger partial charge on any atom is 0.307 e. The fourth-order valence-electron chi connectivity index (χ4n) is 13.5. The number of allylic oxidation sites excluding steroid dienone is 1. The van der Waals surface area contributed by atoms with Crippen molar-refractivity contribution in [3.8, 4) is 11.4 Å². The van der Waals surface area contributed by atoms with Crippen LogP contribution in [0.15, 0.2) is 42.5 Å². The summed E-state index contributed by atoms with van der Waals surface area (Å²) >= 11 is 0. The van der Waals surface area contributed by atoms with E-state index in [1.807, 2.05) is 24.5 Å². The molecule has 0 amide bonds. The third kappa shape index (κ3) is 5.85. The molecule has 4 fully saturated rings. The molecule has 4 aliphatic carbocycles. The highest BCUT2D eigenvalue weighted by Gasteiger charge is 2.72. The van der Waals surface area contributed by atoms with Gasteiger partial charge in [0.2, 0.25) is 0 Å². The first kappa shape index (κ1) is 40.6. The lowest BCUT2D eigenvalue weighted by Crippen LogP contribution is -2.69. The second kappa shape index (κ2) is 13.8. The van der Waals surface area contributed by atoms with Crippen LogP contribution in [0.3, 0.4) is 0 Å². The predicted octanol–water partition coefficient (Wildman–Crippen LogP) is 9.27. The van der Waals surface area contributed by atoms with Crippen molar-refractivity contribution in [1.29, 1.82) is 0 Å². The summed E-state index contributed by atoms with van der Waals surface area (Å²) in [5, 5.41) is 20.0. The van der Waals surface area contributed by atoms with E-state index >= 15 is 0 Å². The highest BCUT2D eigenvalue weighted by Crippen LogP contribution is 2.75. The summed E-state index contributed by atoms with van der Waals surface area (Å²) in [7, 11) is 0. The Morgan fingerprint density at radius 3 is 2.40 bits per heavy atom. The van der Waals surface area contributed by atoms with Crippen LogP contribution in [0, 0.1) is 62.1 Å². The molecule has 0 aromatic carbocycles. The SMILES string of the molecule is CCN[C@@](C)(CO[C@H]1[C@H](n2ncnc2-c2ccncc2)CC23COC[C@@]1(C)[C@@H]2CC[C@H]1C3=CC[C@@]2(C)[C@H](C(=O)O)[C@@](C)([C@H](C)C(C)C)CC[C@]12C)C(C)(C)C. The van der Waals surface area contributed by atoms with E-state index in [1.54, 1.807) is 6.33 Å². The van der Waals surface area contributed by atoms with Crippen molar-refractivity contribution in [2.75, 3.05) is 26.4 Å². The van der Waals surface area contributed by atoms with Gasteiger partial charge in [0.15, 0.2) is 5.82 Å². The monoisotopic (exact) mass is 758 g/mol. The zero-order valence-electron chi connectivity index (χ0n) is 36.0. The quantitative estimate of drug-likeness (QED) is 0.231. The highest BCUT2D eigenvalue weighted by molar-refractivity contribution is 5.73. The van der Waals surface area contributed by atoms with Crippen molar-refractivity contribution in [3.63, 3.8) is 0 Å². The lowest BCUT2D eigenvalue weighted by atomic mass is 9.34. The van der Waals surface area contributed by atoms with Gasteiger partial charge in [0.05, 0.1) is 37.9 Å². The van der Waals surface area contributed by atoms with Crippen LogP contribution in [-0.4, -0.2) is 68.8 Å². The second-order valence-electron chi connectivity index (χ2n) is 21.2. The minimum atomic E-state index is -0.618. The molecule has 55 heavy (non-hydrogen) atoms. The van der Waals surface area contributed by atoms with Crippen molar-refractivity contribution in [2.45, 2.75) is 139 Å². The fourth-order valence-corrected chi connectivity index (χ4v) is 13.5. The molecule has 0 spiro atoms.